The number of benzene rings is 1. The molecule has 0 radical (unpaired) electrons. The molecule has 1 aromatic carbocycles. The van der Waals surface area contributed by atoms with E-state index in [1.54, 1.807) is 25.3 Å². The van der Waals surface area contributed by atoms with Gasteiger partial charge in [0.2, 0.25) is 0 Å². The maximum atomic E-state index is 11.6. The number of hydrogen-bond acceptors (Lipinski definition) is 2. The van der Waals surface area contributed by atoms with Crippen LogP contribution in [0.4, 0.5) is 0 Å². The summed E-state index contributed by atoms with van der Waals surface area (Å²) in [7, 11) is 1.58. The first-order chi connectivity index (χ1) is 6.63. The molecule has 0 saturated carbocycles. The fourth-order valence-electron chi connectivity index (χ4n) is 1.11. The van der Waals surface area contributed by atoms with E-state index >= 15 is 0 Å². The second kappa shape index (κ2) is 6.06. The molecular formula is C12H19NO2. The predicted molar refractivity (Wildman–Crippen MR) is 62.3 cm³/mol. The Morgan fingerprint density at radius 3 is 2.60 bits per heavy atom. The molecule has 0 aromatic heterocycles. The summed E-state index contributed by atoms with van der Waals surface area (Å²) in [4.78, 5) is 11.6. The van der Waals surface area contributed by atoms with Crippen LogP contribution >= 0.6 is 0 Å². The number of nitrogens with one attached hydrogen (secondary N) is 1. The van der Waals surface area contributed by atoms with Crippen molar-refractivity contribution in [3.05, 3.63) is 29.8 Å². The van der Waals surface area contributed by atoms with Gasteiger partial charge in [-0.05, 0) is 32.0 Å². The monoisotopic (exact) mass is 209 g/mol. The fourth-order valence-corrected chi connectivity index (χ4v) is 1.11. The summed E-state index contributed by atoms with van der Waals surface area (Å²) >= 11 is 0. The number of rotatable bonds is 3. The van der Waals surface area contributed by atoms with Gasteiger partial charge in [0.1, 0.15) is 5.75 Å². The number of hydrogen-bond donors (Lipinski definition) is 1. The summed E-state index contributed by atoms with van der Waals surface area (Å²) < 4.78 is 5.03. The van der Waals surface area contributed by atoms with Gasteiger partial charge in [-0.2, -0.15) is 0 Å². The molecule has 0 aliphatic carbocycles. The third-order valence-corrected chi connectivity index (χ3v) is 1.75. The highest BCUT2D eigenvalue weighted by Crippen LogP contribution is 2.12. The minimum Gasteiger partial charge on any atom is -0.497 e. The molecule has 0 aliphatic heterocycles. The SMILES string of the molecule is C.COc1cccc(C(=O)NC(C)C)c1. The average molecular weight is 209 g/mol. The zero-order valence-electron chi connectivity index (χ0n) is 8.70. The first-order valence-corrected chi connectivity index (χ1v) is 4.58. The lowest BCUT2D eigenvalue weighted by atomic mass is 10.2. The Morgan fingerprint density at radius 1 is 1.40 bits per heavy atom. The van der Waals surface area contributed by atoms with Crippen LogP contribution in [-0.4, -0.2) is 19.1 Å². The van der Waals surface area contributed by atoms with Gasteiger partial charge in [0.15, 0.2) is 0 Å². The quantitative estimate of drug-likeness (QED) is 0.830. The van der Waals surface area contributed by atoms with E-state index in [4.69, 9.17) is 4.74 Å². The molecule has 0 saturated heterocycles. The van der Waals surface area contributed by atoms with Crippen LogP contribution in [0.2, 0.25) is 0 Å². The van der Waals surface area contributed by atoms with Crippen LogP contribution in [0.3, 0.4) is 0 Å². The summed E-state index contributed by atoms with van der Waals surface area (Å²) in [5.41, 5.74) is 0.623. The first-order valence-electron chi connectivity index (χ1n) is 4.58. The lowest BCUT2D eigenvalue weighted by Gasteiger charge is -2.08. The van der Waals surface area contributed by atoms with Gasteiger partial charge in [-0.3, -0.25) is 4.79 Å². The molecule has 1 rings (SSSR count). The molecule has 0 spiro atoms. The molecule has 0 atom stereocenters. The number of methoxy groups -OCH3 is 1. The van der Waals surface area contributed by atoms with Crippen molar-refractivity contribution in [2.75, 3.05) is 7.11 Å². The van der Waals surface area contributed by atoms with E-state index in [9.17, 15) is 4.79 Å². The molecule has 1 N–H and O–H groups in total. The van der Waals surface area contributed by atoms with Crippen molar-refractivity contribution < 1.29 is 9.53 Å². The van der Waals surface area contributed by atoms with Gasteiger partial charge in [0.05, 0.1) is 7.11 Å². The lowest BCUT2D eigenvalue weighted by molar-refractivity contribution is 0.0943. The van der Waals surface area contributed by atoms with Crippen LogP contribution in [0.1, 0.15) is 31.6 Å². The second-order valence-electron chi connectivity index (χ2n) is 3.36. The Hall–Kier alpha value is -1.51. The van der Waals surface area contributed by atoms with Gasteiger partial charge >= 0.3 is 0 Å². The molecule has 3 heteroatoms. The van der Waals surface area contributed by atoms with E-state index in [0.717, 1.165) is 0 Å². The first kappa shape index (κ1) is 13.5. The summed E-state index contributed by atoms with van der Waals surface area (Å²) in [6, 6.07) is 7.24. The van der Waals surface area contributed by atoms with Crippen molar-refractivity contribution >= 4 is 5.91 Å². The Kier molecular flexibility index (Phi) is 5.45. The van der Waals surface area contributed by atoms with Gasteiger partial charge in [0, 0.05) is 11.6 Å². The number of amides is 1. The molecule has 1 amide bonds. The fraction of sp³-hybridized carbons (Fsp3) is 0.417. The molecule has 0 aliphatic rings. The summed E-state index contributed by atoms with van der Waals surface area (Å²) in [6.45, 7) is 3.86. The maximum Gasteiger partial charge on any atom is 0.251 e. The van der Waals surface area contributed by atoms with E-state index in [1.165, 1.54) is 0 Å². The Bertz CT molecular complexity index is 321. The van der Waals surface area contributed by atoms with E-state index in [-0.39, 0.29) is 19.4 Å². The third kappa shape index (κ3) is 4.02. The molecule has 0 fully saturated rings. The molecule has 0 heterocycles. The van der Waals surface area contributed by atoms with E-state index < -0.39 is 0 Å². The molecule has 0 bridgehead atoms. The van der Waals surface area contributed by atoms with Crippen molar-refractivity contribution in [1.29, 1.82) is 0 Å². The van der Waals surface area contributed by atoms with Crippen LogP contribution in [-0.2, 0) is 0 Å². The average Bonchev–Trinajstić information content (AvgIpc) is 2.17. The molecule has 3 nitrogen and oxygen atoms in total. The van der Waals surface area contributed by atoms with Crippen molar-refractivity contribution in [1.82, 2.24) is 5.32 Å². The minimum absolute atomic E-state index is 0. The van der Waals surface area contributed by atoms with Gasteiger partial charge in [-0.1, -0.05) is 13.5 Å². The number of ether oxygens (including phenoxy) is 1. The van der Waals surface area contributed by atoms with Gasteiger partial charge in [-0.25, -0.2) is 0 Å². The Morgan fingerprint density at radius 2 is 2.07 bits per heavy atom. The van der Waals surface area contributed by atoms with Crippen LogP contribution < -0.4 is 10.1 Å². The predicted octanol–water partition coefficient (Wildman–Crippen LogP) is 2.47. The molecule has 0 unspecified atom stereocenters. The summed E-state index contributed by atoms with van der Waals surface area (Å²) in [6.07, 6.45) is 0. The summed E-state index contributed by atoms with van der Waals surface area (Å²) in [5.74, 6) is 0.625. The van der Waals surface area contributed by atoms with Crippen LogP contribution in [0, 0.1) is 0 Å². The molecule has 15 heavy (non-hydrogen) atoms. The molecule has 1 aromatic rings. The second-order valence-corrected chi connectivity index (χ2v) is 3.36. The zero-order chi connectivity index (χ0) is 10.6. The lowest BCUT2D eigenvalue weighted by Crippen LogP contribution is -2.29. The Labute approximate surface area is 91.5 Å². The highest BCUT2D eigenvalue weighted by atomic mass is 16.5. The highest BCUT2D eigenvalue weighted by molar-refractivity contribution is 5.94. The number of carbonyl (C=O) groups is 1. The molecule has 84 valence electrons. The highest BCUT2D eigenvalue weighted by Gasteiger charge is 2.06. The van der Waals surface area contributed by atoms with E-state index in [0.29, 0.717) is 11.3 Å². The van der Waals surface area contributed by atoms with Gasteiger partial charge in [0.25, 0.3) is 5.91 Å². The standard InChI is InChI=1S/C11H15NO2.CH4/c1-8(2)12-11(13)9-5-4-6-10(7-9)14-3;/h4-8H,1-3H3,(H,12,13);1H4. The van der Waals surface area contributed by atoms with Gasteiger partial charge < -0.3 is 10.1 Å². The van der Waals surface area contributed by atoms with Crippen molar-refractivity contribution in [2.24, 2.45) is 0 Å². The van der Waals surface area contributed by atoms with Crippen molar-refractivity contribution in [3.63, 3.8) is 0 Å². The van der Waals surface area contributed by atoms with Crippen molar-refractivity contribution in [2.45, 2.75) is 27.3 Å². The maximum absolute atomic E-state index is 11.6. The van der Waals surface area contributed by atoms with Crippen molar-refractivity contribution in [3.8, 4) is 5.75 Å². The van der Waals surface area contributed by atoms with E-state index in [1.807, 2.05) is 19.9 Å². The van der Waals surface area contributed by atoms with E-state index in [2.05, 4.69) is 5.32 Å². The normalized spacial score (nSPS) is 9.33. The van der Waals surface area contributed by atoms with Crippen LogP contribution in [0.25, 0.3) is 0 Å². The van der Waals surface area contributed by atoms with Crippen LogP contribution in [0.5, 0.6) is 5.75 Å². The van der Waals surface area contributed by atoms with Gasteiger partial charge in [-0.15, -0.1) is 0 Å². The number of carbonyl (C=O) groups excluding carboxylic acids is 1. The minimum atomic E-state index is -0.0705. The summed E-state index contributed by atoms with van der Waals surface area (Å²) in [5, 5.41) is 2.82. The zero-order valence-corrected chi connectivity index (χ0v) is 8.70. The largest absolute Gasteiger partial charge is 0.497 e. The molecular weight excluding hydrogens is 190 g/mol. The third-order valence-electron chi connectivity index (χ3n) is 1.75. The smallest absolute Gasteiger partial charge is 0.251 e. The van der Waals surface area contributed by atoms with Crippen LogP contribution in [0.15, 0.2) is 24.3 Å². The topological polar surface area (TPSA) is 38.3 Å². The Balaban J connectivity index is 0.00000196.